The van der Waals surface area contributed by atoms with E-state index in [0.717, 1.165) is 11.1 Å². The fourth-order valence-electron chi connectivity index (χ4n) is 3.59. The van der Waals surface area contributed by atoms with Gasteiger partial charge in [0.05, 0.1) is 0 Å². The van der Waals surface area contributed by atoms with Gasteiger partial charge in [0.15, 0.2) is 0 Å². The predicted octanol–water partition coefficient (Wildman–Crippen LogP) is 3.86. The highest BCUT2D eigenvalue weighted by Gasteiger charge is 2.33. The van der Waals surface area contributed by atoms with Gasteiger partial charge in [-0.25, -0.2) is 0 Å². The zero-order valence-corrected chi connectivity index (χ0v) is 18.9. The van der Waals surface area contributed by atoms with Crippen LogP contribution in [-0.2, 0) is 20.9 Å². The number of amides is 3. The molecule has 0 N–H and O–H groups in total. The average Bonchev–Trinajstić information content (AvgIpc) is 3.11. The van der Waals surface area contributed by atoms with Crippen molar-refractivity contribution in [3.05, 3.63) is 64.7 Å². The molecule has 3 rings (SSSR count). The Kier molecular flexibility index (Phi) is 7.33. The van der Waals surface area contributed by atoms with Crippen molar-refractivity contribution >= 4 is 35.0 Å². The molecule has 2 aromatic rings. The molecule has 31 heavy (non-hydrogen) atoms. The Morgan fingerprint density at radius 3 is 2.48 bits per heavy atom. The van der Waals surface area contributed by atoms with Crippen molar-refractivity contribution in [2.75, 3.05) is 24.7 Å². The van der Waals surface area contributed by atoms with Gasteiger partial charge in [0.2, 0.25) is 17.7 Å². The molecule has 0 saturated carbocycles. The Bertz CT molecular complexity index is 962. The van der Waals surface area contributed by atoms with Crippen LogP contribution in [-0.4, -0.2) is 47.3 Å². The summed E-state index contributed by atoms with van der Waals surface area (Å²) in [6, 6.07) is 15.0. The molecule has 1 aliphatic heterocycles. The first-order valence-electron chi connectivity index (χ1n) is 10.4. The van der Waals surface area contributed by atoms with Gasteiger partial charge in [0, 0.05) is 23.7 Å². The van der Waals surface area contributed by atoms with Gasteiger partial charge in [0.1, 0.15) is 19.8 Å². The van der Waals surface area contributed by atoms with Crippen LogP contribution < -0.4 is 4.90 Å². The molecule has 1 aliphatic rings. The van der Waals surface area contributed by atoms with Gasteiger partial charge in [-0.2, -0.15) is 0 Å². The van der Waals surface area contributed by atoms with Crippen molar-refractivity contribution in [3.63, 3.8) is 0 Å². The molecule has 0 aliphatic carbocycles. The topological polar surface area (TPSA) is 60.9 Å². The number of halogens is 1. The highest BCUT2D eigenvalue weighted by atomic mass is 35.5. The summed E-state index contributed by atoms with van der Waals surface area (Å²) in [4.78, 5) is 43.1. The Hall–Kier alpha value is -2.86. The first-order chi connectivity index (χ1) is 14.8. The molecule has 2 aromatic carbocycles. The van der Waals surface area contributed by atoms with E-state index in [1.807, 2.05) is 57.2 Å². The van der Waals surface area contributed by atoms with Gasteiger partial charge in [-0.1, -0.05) is 61.8 Å². The zero-order chi connectivity index (χ0) is 22.5. The molecule has 7 heteroatoms. The summed E-state index contributed by atoms with van der Waals surface area (Å²) in [5, 5.41) is 0.573. The van der Waals surface area contributed by atoms with Crippen LogP contribution in [0.15, 0.2) is 48.5 Å². The van der Waals surface area contributed by atoms with Crippen LogP contribution in [0.1, 0.15) is 31.4 Å². The minimum absolute atomic E-state index is 0.0116. The standard InChI is InChI=1S/C24H28ClN3O3/c1-17(2)12-22(29)26(13-19-8-5-4-6-9-19)14-23(30)27-15-24(31)28(16-27)21-11-7-10-20(25)18(21)3/h4-11,17H,12-16H2,1-3H3. The molecule has 3 amide bonds. The number of carbonyl (C=O) groups is 3. The van der Waals surface area contributed by atoms with Gasteiger partial charge in [-0.3, -0.25) is 19.3 Å². The monoisotopic (exact) mass is 441 g/mol. The quantitative estimate of drug-likeness (QED) is 0.655. The number of hydrogen-bond donors (Lipinski definition) is 0. The number of nitrogens with zero attached hydrogens (tertiary/aromatic N) is 3. The van der Waals surface area contributed by atoms with E-state index >= 15 is 0 Å². The predicted molar refractivity (Wildman–Crippen MR) is 122 cm³/mol. The summed E-state index contributed by atoms with van der Waals surface area (Å²) in [6.45, 7) is 6.24. The van der Waals surface area contributed by atoms with Crippen molar-refractivity contribution in [2.45, 2.75) is 33.7 Å². The van der Waals surface area contributed by atoms with Gasteiger partial charge in [-0.15, -0.1) is 0 Å². The number of benzene rings is 2. The Morgan fingerprint density at radius 1 is 1.10 bits per heavy atom. The summed E-state index contributed by atoms with van der Waals surface area (Å²) >= 11 is 6.20. The van der Waals surface area contributed by atoms with Crippen LogP contribution in [0.4, 0.5) is 5.69 Å². The van der Waals surface area contributed by atoms with Crippen LogP contribution >= 0.6 is 11.6 Å². The molecule has 1 heterocycles. The number of carbonyl (C=O) groups excluding carboxylic acids is 3. The summed E-state index contributed by atoms with van der Waals surface area (Å²) in [5.74, 6) is -0.291. The highest BCUT2D eigenvalue weighted by molar-refractivity contribution is 6.31. The lowest BCUT2D eigenvalue weighted by Gasteiger charge is -2.26. The summed E-state index contributed by atoms with van der Waals surface area (Å²) in [6.07, 6.45) is 0.368. The second-order valence-corrected chi connectivity index (χ2v) is 8.68. The van der Waals surface area contributed by atoms with Gasteiger partial charge >= 0.3 is 0 Å². The Labute approximate surface area is 188 Å². The van der Waals surface area contributed by atoms with E-state index < -0.39 is 0 Å². The Morgan fingerprint density at radius 2 is 1.81 bits per heavy atom. The fourth-order valence-corrected chi connectivity index (χ4v) is 3.76. The molecule has 0 aromatic heterocycles. The van der Waals surface area contributed by atoms with Gasteiger partial charge < -0.3 is 9.80 Å². The summed E-state index contributed by atoms with van der Waals surface area (Å²) in [7, 11) is 0. The molecule has 1 fully saturated rings. The van der Waals surface area contributed by atoms with E-state index in [0.29, 0.717) is 23.7 Å². The number of anilines is 1. The smallest absolute Gasteiger partial charge is 0.248 e. The second kappa shape index (κ2) is 9.96. The molecule has 0 atom stereocenters. The maximum absolute atomic E-state index is 13.0. The average molecular weight is 442 g/mol. The number of rotatable bonds is 7. The number of hydrogen-bond acceptors (Lipinski definition) is 3. The van der Waals surface area contributed by atoms with Gasteiger partial charge in [-0.05, 0) is 36.1 Å². The minimum atomic E-state index is -0.247. The van der Waals surface area contributed by atoms with Gasteiger partial charge in [0.25, 0.3) is 0 Å². The first kappa shape index (κ1) is 22.8. The summed E-state index contributed by atoms with van der Waals surface area (Å²) in [5.41, 5.74) is 2.45. The van der Waals surface area contributed by atoms with Crippen LogP contribution in [0.5, 0.6) is 0 Å². The van der Waals surface area contributed by atoms with E-state index in [1.54, 1.807) is 21.9 Å². The third kappa shape index (κ3) is 5.64. The molecule has 164 valence electrons. The highest BCUT2D eigenvalue weighted by Crippen LogP contribution is 2.28. The van der Waals surface area contributed by atoms with Crippen molar-refractivity contribution in [2.24, 2.45) is 5.92 Å². The largest absolute Gasteiger partial charge is 0.329 e. The van der Waals surface area contributed by atoms with E-state index in [4.69, 9.17) is 11.6 Å². The van der Waals surface area contributed by atoms with E-state index in [-0.39, 0.29) is 43.4 Å². The molecule has 6 nitrogen and oxygen atoms in total. The SMILES string of the molecule is Cc1c(Cl)cccc1N1CN(C(=O)CN(Cc2ccccc2)C(=O)CC(C)C)CC1=O. The lowest BCUT2D eigenvalue weighted by atomic mass is 10.1. The maximum Gasteiger partial charge on any atom is 0.248 e. The van der Waals surface area contributed by atoms with Crippen molar-refractivity contribution in [1.29, 1.82) is 0 Å². The molecule has 0 radical (unpaired) electrons. The van der Waals surface area contributed by atoms with Crippen LogP contribution in [0.3, 0.4) is 0 Å². The molecule has 1 saturated heterocycles. The fraction of sp³-hybridized carbons (Fsp3) is 0.375. The van der Waals surface area contributed by atoms with Crippen molar-refractivity contribution in [1.82, 2.24) is 9.80 Å². The van der Waals surface area contributed by atoms with Crippen LogP contribution in [0.25, 0.3) is 0 Å². The molecular weight excluding hydrogens is 414 g/mol. The first-order valence-corrected chi connectivity index (χ1v) is 10.8. The normalized spacial score (nSPS) is 13.8. The van der Waals surface area contributed by atoms with Crippen molar-refractivity contribution < 1.29 is 14.4 Å². The third-order valence-electron chi connectivity index (χ3n) is 5.30. The third-order valence-corrected chi connectivity index (χ3v) is 5.71. The molecule has 0 unspecified atom stereocenters. The molecule has 0 spiro atoms. The maximum atomic E-state index is 13.0. The van der Waals surface area contributed by atoms with Crippen molar-refractivity contribution in [3.8, 4) is 0 Å². The lowest BCUT2D eigenvalue weighted by Crippen LogP contribution is -2.42. The zero-order valence-electron chi connectivity index (χ0n) is 18.2. The minimum Gasteiger partial charge on any atom is -0.329 e. The summed E-state index contributed by atoms with van der Waals surface area (Å²) < 4.78 is 0. The van der Waals surface area contributed by atoms with Crippen LogP contribution in [0.2, 0.25) is 5.02 Å². The van der Waals surface area contributed by atoms with Crippen LogP contribution in [0, 0.1) is 12.8 Å². The van der Waals surface area contributed by atoms with E-state index in [9.17, 15) is 14.4 Å². The Balaban J connectivity index is 1.73. The van der Waals surface area contributed by atoms with E-state index in [2.05, 4.69) is 0 Å². The van der Waals surface area contributed by atoms with E-state index in [1.165, 1.54) is 4.90 Å². The molecule has 0 bridgehead atoms. The lowest BCUT2D eigenvalue weighted by molar-refractivity contribution is -0.141. The molecular formula is C24H28ClN3O3. The second-order valence-electron chi connectivity index (χ2n) is 8.27.